The third-order valence-corrected chi connectivity index (χ3v) is 4.83. The van der Waals surface area contributed by atoms with Gasteiger partial charge in [0.25, 0.3) is 0 Å². The van der Waals surface area contributed by atoms with Gasteiger partial charge < -0.3 is 10.2 Å². The minimum absolute atomic E-state index is 0.0542. The predicted octanol–water partition coefficient (Wildman–Crippen LogP) is 0.780. The molecular weight excluding hydrogens is 310 g/mol. The molecule has 0 spiro atoms. The summed E-state index contributed by atoms with van der Waals surface area (Å²) in [5.74, 6) is 0. The minimum Gasteiger partial charge on any atom is -0.332 e. The zero-order valence-corrected chi connectivity index (χ0v) is 12.7. The van der Waals surface area contributed by atoms with Gasteiger partial charge in [-0.25, -0.2) is 4.79 Å². The number of halogens is 1. The van der Waals surface area contributed by atoms with Crippen molar-refractivity contribution >= 4 is 22.0 Å². The standard InChI is InChI=1S/C12H18BrN5O/c1-16-10-3-4-18(6-9(10)15-12(16)19)7-11-8(13)5-14-17(11)2/h5,9-10H,3-4,6-7H2,1-2H3,(H,15,19)/t9-,10+/m1/s1. The average molecular weight is 328 g/mol. The number of nitrogens with zero attached hydrogens (tertiary/aromatic N) is 4. The number of hydrogen-bond acceptors (Lipinski definition) is 3. The molecule has 2 atom stereocenters. The summed E-state index contributed by atoms with van der Waals surface area (Å²) in [6, 6.07) is 0.649. The molecule has 2 saturated heterocycles. The number of hydrogen-bond donors (Lipinski definition) is 1. The molecule has 1 aromatic rings. The van der Waals surface area contributed by atoms with Gasteiger partial charge in [-0.3, -0.25) is 9.58 Å². The number of aromatic nitrogens is 2. The number of urea groups is 1. The first-order chi connectivity index (χ1) is 9.06. The zero-order valence-electron chi connectivity index (χ0n) is 11.1. The molecule has 2 fully saturated rings. The van der Waals surface area contributed by atoms with Crippen LogP contribution >= 0.6 is 15.9 Å². The highest BCUT2D eigenvalue weighted by atomic mass is 79.9. The van der Waals surface area contributed by atoms with Crippen LogP contribution in [0.1, 0.15) is 12.1 Å². The van der Waals surface area contributed by atoms with Crippen LogP contribution in [0.3, 0.4) is 0 Å². The number of rotatable bonds is 2. The van der Waals surface area contributed by atoms with E-state index in [1.165, 1.54) is 5.69 Å². The molecule has 2 aliphatic rings. The number of piperidine rings is 1. The normalized spacial score (nSPS) is 27.5. The van der Waals surface area contributed by atoms with Gasteiger partial charge in [-0.2, -0.15) is 5.10 Å². The molecule has 7 heteroatoms. The molecule has 0 radical (unpaired) electrons. The van der Waals surface area contributed by atoms with Gasteiger partial charge in [0.05, 0.1) is 28.4 Å². The number of carbonyl (C=O) groups is 1. The number of amides is 2. The Balaban J connectivity index is 1.68. The van der Waals surface area contributed by atoms with Gasteiger partial charge >= 0.3 is 6.03 Å². The van der Waals surface area contributed by atoms with E-state index in [1.54, 1.807) is 0 Å². The van der Waals surface area contributed by atoms with Gasteiger partial charge in [-0.05, 0) is 22.4 Å². The van der Waals surface area contributed by atoms with E-state index >= 15 is 0 Å². The first-order valence-electron chi connectivity index (χ1n) is 6.48. The lowest BCUT2D eigenvalue weighted by molar-refractivity contribution is 0.145. The first-order valence-corrected chi connectivity index (χ1v) is 7.27. The van der Waals surface area contributed by atoms with E-state index in [4.69, 9.17) is 0 Å². The summed E-state index contributed by atoms with van der Waals surface area (Å²) in [7, 11) is 3.84. The van der Waals surface area contributed by atoms with Crippen LogP contribution in [0, 0.1) is 0 Å². The molecule has 0 saturated carbocycles. The highest BCUT2D eigenvalue weighted by molar-refractivity contribution is 9.10. The van der Waals surface area contributed by atoms with Crippen LogP contribution in [0.15, 0.2) is 10.7 Å². The lowest BCUT2D eigenvalue weighted by Crippen LogP contribution is -2.50. The summed E-state index contributed by atoms with van der Waals surface area (Å²) < 4.78 is 2.94. The predicted molar refractivity (Wildman–Crippen MR) is 74.7 cm³/mol. The monoisotopic (exact) mass is 327 g/mol. The van der Waals surface area contributed by atoms with Crippen molar-refractivity contribution in [1.29, 1.82) is 0 Å². The quantitative estimate of drug-likeness (QED) is 0.873. The smallest absolute Gasteiger partial charge is 0.317 e. The van der Waals surface area contributed by atoms with E-state index in [9.17, 15) is 4.79 Å². The van der Waals surface area contributed by atoms with Crippen LogP contribution in [0.4, 0.5) is 4.79 Å². The van der Waals surface area contributed by atoms with E-state index in [1.807, 2.05) is 29.9 Å². The average Bonchev–Trinajstić information content (AvgIpc) is 2.84. The summed E-state index contributed by atoms with van der Waals surface area (Å²) in [5.41, 5.74) is 1.18. The van der Waals surface area contributed by atoms with Crippen molar-refractivity contribution in [3.63, 3.8) is 0 Å². The first kappa shape index (κ1) is 12.9. The molecule has 3 heterocycles. The topological polar surface area (TPSA) is 53.4 Å². The summed E-state index contributed by atoms with van der Waals surface area (Å²) >= 11 is 3.53. The number of aryl methyl sites for hydroxylation is 1. The number of likely N-dealkylation sites (tertiary alicyclic amines) is 1. The number of likely N-dealkylation sites (N-methyl/N-ethyl adjacent to an activating group) is 1. The molecule has 0 unspecified atom stereocenters. The van der Waals surface area contributed by atoms with Crippen molar-refractivity contribution in [1.82, 2.24) is 24.9 Å². The second-order valence-corrected chi connectivity index (χ2v) is 6.18. The molecule has 3 rings (SSSR count). The highest BCUT2D eigenvalue weighted by Gasteiger charge is 2.40. The van der Waals surface area contributed by atoms with E-state index in [-0.39, 0.29) is 12.1 Å². The number of fused-ring (bicyclic) bond motifs is 1. The largest absolute Gasteiger partial charge is 0.332 e. The molecule has 2 aliphatic heterocycles. The molecule has 6 nitrogen and oxygen atoms in total. The Bertz CT molecular complexity index is 483. The fourth-order valence-corrected chi connectivity index (χ4v) is 3.47. The van der Waals surface area contributed by atoms with Crippen LogP contribution in [-0.2, 0) is 13.6 Å². The summed E-state index contributed by atoms with van der Waals surface area (Å²) in [6.45, 7) is 2.77. The molecule has 0 bridgehead atoms. The van der Waals surface area contributed by atoms with Crippen LogP contribution in [-0.4, -0.2) is 57.8 Å². The second kappa shape index (κ2) is 4.79. The van der Waals surface area contributed by atoms with E-state index in [0.717, 1.165) is 30.5 Å². The second-order valence-electron chi connectivity index (χ2n) is 5.32. The van der Waals surface area contributed by atoms with Crippen molar-refractivity contribution in [3.8, 4) is 0 Å². The molecule has 1 aromatic heterocycles. The third-order valence-electron chi connectivity index (χ3n) is 4.17. The Morgan fingerprint density at radius 3 is 3.00 bits per heavy atom. The van der Waals surface area contributed by atoms with Crippen LogP contribution in [0.2, 0.25) is 0 Å². The Hall–Kier alpha value is -1.08. The van der Waals surface area contributed by atoms with Gasteiger partial charge in [0.15, 0.2) is 0 Å². The molecule has 2 amide bonds. The Kier molecular flexibility index (Phi) is 3.26. The Labute approximate surface area is 120 Å². The van der Waals surface area contributed by atoms with Gasteiger partial charge in [0, 0.05) is 33.7 Å². The summed E-state index contributed by atoms with van der Waals surface area (Å²) in [6.07, 6.45) is 2.85. The van der Waals surface area contributed by atoms with Crippen LogP contribution < -0.4 is 5.32 Å². The zero-order chi connectivity index (χ0) is 13.6. The lowest BCUT2D eigenvalue weighted by atomic mass is 10.0. The Morgan fingerprint density at radius 1 is 1.53 bits per heavy atom. The number of nitrogens with one attached hydrogen (secondary N) is 1. The maximum absolute atomic E-state index is 11.6. The SMILES string of the molecule is CN1C(=O)N[C@@H]2CN(Cc3c(Br)cnn3C)CC[C@@H]21. The fourth-order valence-electron chi connectivity index (χ4n) is 2.99. The summed E-state index contributed by atoms with van der Waals surface area (Å²) in [5, 5.41) is 7.29. The van der Waals surface area contributed by atoms with E-state index in [0.29, 0.717) is 6.04 Å². The van der Waals surface area contributed by atoms with Gasteiger partial charge in [0.2, 0.25) is 0 Å². The highest BCUT2D eigenvalue weighted by Crippen LogP contribution is 2.24. The number of carbonyl (C=O) groups excluding carboxylic acids is 1. The molecule has 104 valence electrons. The lowest BCUT2D eigenvalue weighted by Gasteiger charge is -2.35. The van der Waals surface area contributed by atoms with Crippen molar-refractivity contribution in [2.75, 3.05) is 20.1 Å². The van der Waals surface area contributed by atoms with Crippen molar-refractivity contribution in [3.05, 3.63) is 16.4 Å². The maximum Gasteiger partial charge on any atom is 0.317 e. The van der Waals surface area contributed by atoms with Crippen LogP contribution in [0.25, 0.3) is 0 Å². The van der Waals surface area contributed by atoms with Gasteiger partial charge in [-0.1, -0.05) is 0 Å². The van der Waals surface area contributed by atoms with Gasteiger partial charge in [0.1, 0.15) is 0 Å². The maximum atomic E-state index is 11.6. The van der Waals surface area contributed by atoms with Gasteiger partial charge in [-0.15, -0.1) is 0 Å². The Morgan fingerprint density at radius 2 is 2.32 bits per heavy atom. The molecule has 1 N–H and O–H groups in total. The molecular formula is C12H18BrN5O. The van der Waals surface area contributed by atoms with E-state index in [2.05, 4.69) is 31.2 Å². The van der Waals surface area contributed by atoms with Crippen molar-refractivity contribution in [2.45, 2.75) is 25.0 Å². The summed E-state index contributed by atoms with van der Waals surface area (Å²) in [4.78, 5) is 15.9. The van der Waals surface area contributed by atoms with Crippen molar-refractivity contribution < 1.29 is 4.79 Å². The third kappa shape index (κ3) is 2.25. The van der Waals surface area contributed by atoms with Crippen LogP contribution in [0.5, 0.6) is 0 Å². The molecule has 19 heavy (non-hydrogen) atoms. The van der Waals surface area contributed by atoms with E-state index < -0.39 is 0 Å². The van der Waals surface area contributed by atoms with Crippen molar-refractivity contribution in [2.24, 2.45) is 7.05 Å². The fraction of sp³-hybridized carbons (Fsp3) is 0.667. The minimum atomic E-state index is 0.0542. The molecule has 0 aromatic carbocycles. The molecule has 0 aliphatic carbocycles.